The van der Waals surface area contributed by atoms with Crippen LogP contribution in [0.2, 0.25) is 0 Å². The van der Waals surface area contributed by atoms with Crippen molar-refractivity contribution in [2.24, 2.45) is 17.6 Å². The maximum atomic E-state index is 5.86. The highest BCUT2D eigenvalue weighted by Crippen LogP contribution is 2.29. The zero-order valence-electron chi connectivity index (χ0n) is 11.8. The van der Waals surface area contributed by atoms with Gasteiger partial charge < -0.3 is 10.5 Å². The molecule has 0 spiro atoms. The third-order valence-electron chi connectivity index (χ3n) is 4.02. The highest BCUT2D eigenvalue weighted by Gasteiger charge is 2.24. The van der Waals surface area contributed by atoms with E-state index in [0.29, 0.717) is 17.7 Å². The second kappa shape index (κ2) is 7.43. The first kappa shape index (κ1) is 14.3. The van der Waals surface area contributed by atoms with E-state index in [0.717, 1.165) is 31.7 Å². The van der Waals surface area contributed by atoms with Crippen LogP contribution in [0.3, 0.4) is 0 Å². The molecule has 0 radical (unpaired) electrons. The SMILES string of the molecule is CCCc1cc(OCC2CCCCC2CN)ncn1. The van der Waals surface area contributed by atoms with E-state index in [1.807, 2.05) is 6.07 Å². The third kappa shape index (κ3) is 4.16. The molecule has 4 heteroatoms. The van der Waals surface area contributed by atoms with Crippen LogP contribution in [0.5, 0.6) is 5.88 Å². The molecule has 4 nitrogen and oxygen atoms in total. The Morgan fingerprint density at radius 3 is 2.79 bits per heavy atom. The topological polar surface area (TPSA) is 61.0 Å². The third-order valence-corrected chi connectivity index (χ3v) is 4.02. The van der Waals surface area contributed by atoms with E-state index in [9.17, 15) is 0 Å². The molecule has 1 saturated carbocycles. The predicted octanol–water partition coefficient (Wildman–Crippen LogP) is 2.57. The van der Waals surface area contributed by atoms with Crippen LogP contribution in [0.15, 0.2) is 12.4 Å². The molecule has 0 saturated heterocycles. The number of ether oxygens (including phenoxy) is 1. The van der Waals surface area contributed by atoms with Gasteiger partial charge in [-0.15, -0.1) is 0 Å². The van der Waals surface area contributed by atoms with Gasteiger partial charge in [0.1, 0.15) is 6.33 Å². The molecule has 1 aromatic rings. The summed E-state index contributed by atoms with van der Waals surface area (Å²) in [6.45, 7) is 3.67. The second-order valence-corrected chi connectivity index (χ2v) is 5.45. The van der Waals surface area contributed by atoms with Crippen molar-refractivity contribution in [3.8, 4) is 5.88 Å². The fourth-order valence-corrected chi connectivity index (χ4v) is 2.86. The van der Waals surface area contributed by atoms with Crippen molar-refractivity contribution in [2.75, 3.05) is 13.2 Å². The molecule has 0 aliphatic heterocycles. The Bertz CT molecular complexity index is 383. The summed E-state index contributed by atoms with van der Waals surface area (Å²) < 4.78 is 5.86. The minimum absolute atomic E-state index is 0.586. The maximum absolute atomic E-state index is 5.86. The fraction of sp³-hybridized carbons (Fsp3) is 0.733. The molecular formula is C15H25N3O. The van der Waals surface area contributed by atoms with Crippen LogP contribution >= 0.6 is 0 Å². The number of nitrogens with two attached hydrogens (primary N) is 1. The molecule has 2 rings (SSSR count). The van der Waals surface area contributed by atoms with E-state index < -0.39 is 0 Å². The minimum Gasteiger partial charge on any atom is -0.477 e. The van der Waals surface area contributed by atoms with Gasteiger partial charge in [-0.2, -0.15) is 0 Å². The second-order valence-electron chi connectivity index (χ2n) is 5.45. The van der Waals surface area contributed by atoms with E-state index in [-0.39, 0.29) is 0 Å². The Kier molecular flexibility index (Phi) is 5.58. The number of hydrogen-bond donors (Lipinski definition) is 1. The van der Waals surface area contributed by atoms with Crippen LogP contribution in [-0.4, -0.2) is 23.1 Å². The lowest BCUT2D eigenvalue weighted by molar-refractivity contribution is 0.149. The highest BCUT2D eigenvalue weighted by atomic mass is 16.5. The van der Waals surface area contributed by atoms with E-state index in [4.69, 9.17) is 10.5 Å². The summed E-state index contributed by atoms with van der Waals surface area (Å²) in [5, 5.41) is 0. The van der Waals surface area contributed by atoms with Crippen LogP contribution in [-0.2, 0) is 6.42 Å². The Balaban J connectivity index is 1.88. The molecule has 0 bridgehead atoms. The van der Waals surface area contributed by atoms with Gasteiger partial charge in [-0.1, -0.05) is 26.2 Å². The summed E-state index contributed by atoms with van der Waals surface area (Å²) in [4.78, 5) is 8.44. The largest absolute Gasteiger partial charge is 0.477 e. The van der Waals surface area contributed by atoms with Gasteiger partial charge in [0.25, 0.3) is 0 Å². The molecule has 2 N–H and O–H groups in total. The molecular weight excluding hydrogens is 238 g/mol. The molecule has 2 atom stereocenters. The quantitative estimate of drug-likeness (QED) is 0.857. The molecule has 19 heavy (non-hydrogen) atoms. The van der Waals surface area contributed by atoms with Gasteiger partial charge in [-0.05, 0) is 37.6 Å². The molecule has 0 amide bonds. The lowest BCUT2D eigenvalue weighted by Gasteiger charge is -2.30. The monoisotopic (exact) mass is 263 g/mol. The van der Waals surface area contributed by atoms with Crippen molar-refractivity contribution in [1.29, 1.82) is 0 Å². The number of aryl methyl sites for hydroxylation is 1. The number of aromatic nitrogens is 2. The molecule has 1 aliphatic rings. The molecule has 0 aromatic carbocycles. The highest BCUT2D eigenvalue weighted by molar-refractivity contribution is 5.13. The van der Waals surface area contributed by atoms with Crippen molar-refractivity contribution in [3.05, 3.63) is 18.1 Å². The van der Waals surface area contributed by atoms with Gasteiger partial charge in [0.15, 0.2) is 0 Å². The fourth-order valence-electron chi connectivity index (χ4n) is 2.86. The molecule has 1 heterocycles. The molecule has 1 fully saturated rings. The summed E-state index contributed by atoms with van der Waals surface area (Å²) in [5.74, 6) is 1.91. The first-order valence-corrected chi connectivity index (χ1v) is 7.47. The van der Waals surface area contributed by atoms with Crippen LogP contribution in [0.1, 0.15) is 44.7 Å². The standard InChI is InChI=1S/C15H25N3O/c1-2-5-14-8-15(18-11-17-14)19-10-13-7-4-3-6-12(13)9-16/h8,11-13H,2-7,9-10,16H2,1H3. The molecule has 1 aromatic heterocycles. The van der Waals surface area contributed by atoms with Gasteiger partial charge in [0.05, 0.1) is 6.61 Å². The molecule has 2 unspecified atom stereocenters. The zero-order chi connectivity index (χ0) is 13.5. The summed E-state index contributed by atoms with van der Waals surface area (Å²) in [5.41, 5.74) is 6.91. The first-order valence-electron chi connectivity index (χ1n) is 7.47. The van der Waals surface area contributed by atoms with Gasteiger partial charge in [0, 0.05) is 11.8 Å². The predicted molar refractivity (Wildman–Crippen MR) is 76.0 cm³/mol. The van der Waals surface area contributed by atoms with Gasteiger partial charge in [0.2, 0.25) is 5.88 Å². The van der Waals surface area contributed by atoms with Crippen molar-refractivity contribution < 1.29 is 4.74 Å². The van der Waals surface area contributed by atoms with Crippen molar-refractivity contribution in [2.45, 2.75) is 45.4 Å². The van der Waals surface area contributed by atoms with E-state index in [1.54, 1.807) is 6.33 Å². The number of rotatable bonds is 6. The maximum Gasteiger partial charge on any atom is 0.216 e. The Morgan fingerprint density at radius 1 is 1.26 bits per heavy atom. The van der Waals surface area contributed by atoms with Crippen LogP contribution in [0.25, 0.3) is 0 Å². The number of hydrogen-bond acceptors (Lipinski definition) is 4. The van der Waals surface area contributed by atoms with Crippen molar-refractivity contribution in [1.82, 2.24) is 9.97 Å². The zero-order valence-corrected chi connectivity index (χ0v) is 11.8. The lowest BCUT2D eigenvalue weighted by Crippen LogP contribution is -2.30. The van der Waals surface area contributed by atoms with Crippen LogP contribution in [0.4, 0.5) is 0 Å². The average Bonchev–Trinajstić information content (AvgIpc) is 2.46. The van der Waals surface area contributed by atoms with Gasteiger partial charge in [-0.3, -0.25) is 0 Å². The smallest absolute Gasteiger partial charge is 0.216 e. The normalized spacial score (nSPS) is 23.3. The summed E-state index contributed by atoms with van der Waals surface area (Å²) in [6, 6.07) is 1.96. The molecule has 106 valence electrons. The van der Waals surface area contributed by atoms with Gasteiger partial charge in [-0.25, -0.2) is 9.97 Å². The van der Waals surface area contributed by atoms with E-state index in [1.165, 1.54) is 25.7 Å². The summed E-state index contributed by atoms with van der Waals surface area (Å²) >= 11 is 0. The first-order chi connectivity index (χ1) is 9.33. The number of nitrogens with zero attached hydrogens (tertiary/aromatic N) is 2. The average molecular weight is 263 g/mol. The Labute approximate surface area is 115 Å². The van der Waals surface area contributed by atoms with Crippen molar-refractivity contribution in [3.63, 3.8) is 0 Å². The van der Waals surface area contributed by atoms with Crippen LogP contribution in [0, 0.1) is 11.8 Å². The summed E-state index contributed by atoms with van der Waals surface area (Å²) in [7, 11) is 0. The van der Waals surface area contributed by atoms with E-state index >= 15 is 0 Å². The molecule has 1 aliphatic carbocycles. The Hall–Kier alpha value is -1.16. The minimum atomic E-state index is 0.586. The van der Waals surface area contributed by atoms with E-state index in [2.05, 4.69) is 16.9 Å². The van der Waals surface area contributed by atoms with Gasteiger partial charge >= 0.3 is 0 Å². The summed E-state index contributed by atoms with van der Waals surface area (Å²) in [6.07, 6.45) is 8.76. The lowest BCUT2D eigenvalue weighted by atomic mass is 9.80. The van der Waals surface area contributed by atoms with Crippen LogP contribution < -0.4 is 10.5 Å². The Morgan fingerprint density at radius 2 is 2.05 bits per heavy atom. The van der Waals surface area contributed by atoms with Crippen molar-refractivity contribution >= 4 is 0 Å².